The zero-order valence-corrected chi connectivity index (χ0v) is 11.8. The molecule has 0 saturated carbocycles. The van der Waals surface area contributed by atoms with Crippen molar-refractivity contribution in [2.45, 2.75) is 13.3 Å². The Morgan fingerprint density at radius 3 is 2.80 bits per heavy atom. The van der Waals surface area contributed by atoms with Crippen molar-refractivity contribution in [2.75, 3.05) is 6.61 Å². The fraction of sp³-hybridized carbons (Fsp3) is 0.188. The van der Waals surface area contributed by atoms with Gasteiger partial charge in [0.15, 0.2) is 5.78 Å². The fourth-order valence-corrected chi connectivity index (χ4v) is 2.07. The SMILES string of the molecule is CCOc1cccc(C(=O)Cc2cc(Cl)ccc2F)c1. The highest BCUT2D eigenvalue weighted by Gasteiger charge is 2.11. The molecular formula is C16H14ClFO2. The summed E-state index contributed by atoms with van der Waals surface area (Å²) in [5, 5.41) is 0.414. The first kappa shape index (κ1) is 14.5. The van der Waals surface area contributed by atoms with Gasteiger partial charge in [-0.2, -0.15) is 0 Å². The van der Waals surface area contributed by atoms with Gasteiger partial charge < -0.3 is 4.74 Å². The van der Waals surface area contributed by atoms with Crippen molar-refractivity contribution >= 4 is 17.4 Å². The lowest BCUT2D eigenvalue weighted by Crippen LogP contribution is -2.05. The average molecular weight is 293 g/mol. The van der Waals surface area contributed by atoms with Crippen molar-refractivity contribution in [3.05, 3.63) is 64.4 Å². The molecule has 104 valence electrons. The number of rotatable bonds is 5. The lowest BCUT2D eigenvalue weighted by atomic mass is 10.0. The van der Waals surface area contributed by atoms with Gasteiger partial charge in [0.25, 0.3) is 0 Å². The number of hydrogen-bond donors (Lipinski definition) is 0. The van der Waals surface area contributed by atoms with Crippen LogP contribution in [-0.4, -0.2) is 12.4 Å². The first-order valence-corrected chi connectivity index (χ1v) is 6.68. The number of benzene rings is 2. The Labute approximate surface area is 122 Å². The van der Waals surface area contributed by atoms with Gasteiger partial charge in [-0.25, -0.2) is 4.39 Å². The van der Waals surface area contributed by atoms with E-state index in [0.717, 1.165) is 0 Å². The van der Waals surface area contributed by atoms with Crippen molar-refractivity contribution in [1.82, 2.24) is 0 Å². The Morgan fingerprint density at radius 1 is 1.25 bits per heavy atom. The van der Waals surface area contributed by atoms with Gasteiger partial charge >= 0.3 is 0 Å². The quantitative estimate of drug-likeness (QED) is 0.768. The third kappa shape index (κ3) is 3.58. The van der Waals surface area contributed by atoms with E-state index in [0.29, 0.717) is 28.5 Å². The molecule has 0 spiro atoms. The molecule has 0 heterocycles. The molecule has 0 N–H and O–H groups in total. The highest BCUT2D eigenvalue weighted by atomic mass is 35.5. The minimum atomic E-state index is -0.427. The first-order chi connectivity index (χ1) is 9.60. The van der Waals surface area contributed by atoms with Gasteiger partial charge in [-0.05, 0) is 42.8 Å². The second-order valence-corrected chi connectivity index (χ2v) is 4.73. The van der Waals surface area contributed by atoms with Crippen LogP contribution in [0.15, 0.2) is 42.5 Å². The van der Waals surface area contributed by atoms with Crippen molar-refractivity contribution < 1.29 is 13.9 Å². The van der Waals surface area contributed by atoms with Crippen LogP contribution < -0.4 is 4.74 Å². The molecular weight excluding hydrogens is 279 g/mol. The third-order valence-corrected chi connectivity index (χ3v) is 3.06. The molecule has 0 aliphatic rings. The van der Waals surface area contributed by atoms with Crippen LogP contribution in [-0.2, 0) is 6.42 Å². The summed E-state index contributed by atoms with van der Waals surface area (Å²) in [5.74, 6) is 0.0290. The van der Waals surface area contributed by atoms with E-state index >= 15 is 0 Å². The minimum Gasteiger partial charge on any atom is -0.494 e. The summed E-state index contributed by atoms with van der Waals surface area (Å²) in [6, 6.07) is 11.1. The monoisotopic (exact) mass is 292 g/mol. The summed E-state index contributed by atoms with van der Waals surface area (Å²) in [6.07, 6.45) is -0.0258. The molecule has 2 aromatic rings. The van der Waals surface area contributed by atoms with E-state index in [1.165, 1.54) is 18.2 Å². The highest BCUT2D eigenvalue weighted by Crippen LogP contribution is 2.19. The highest BCUT2D eigenvalue weighted by molar-refractivity contribution is 6.30. The molecule has 0 aromatic heterocycles. The van der Waals surface area contributed by atoms with E-state index in [1.54, 1.807) is 24.3 Å². The van der Waals surface area contributed by atoms with Crippen LogP contribution >= 0.6 is 11.6 Å². The molecule has 0 amide bonds. The van der Waals surface area contributed by atoms with Crippen LogP contribution in [0, 0.1) is 5.82 Å². The van der Waals surface area contributed by atoms with E-state index in [1.807, 2.05) is 6.92 Å². The van der Waals surface area contributed by atoms with Gasteiger partial charge in [-0.1, -0.05) is 23.7 Å². The number of halogens is 2. The average Bonchev–Trinajstić information content (AvgIpc) is 2.43. The maximum Gasteiger partial charge on any atom is 0.167 e. The van der Waals surface area contributed by atoms with Gasteiger partial charge in [0.05, 0.1) is 6.61 Å². The minimum absolute atomic E-state index is 0.0258. The predicted octanol–water partition coefficient (Wildman–Crippen LogP) is 4.30. The smallest absolute Gasteiger partial charge is 0.167 e. The Kier molecular flexibility index (Phi) is 4.74. The molecule has 0 aliphatic heterocycles. The van der Waals surface area contributed by atoms with Crippen molar-refractivity contribution in [3.63, 3.8) is 0 Å². The fourth-order valence-electron chi connectivity index (χ4n) is 1.88. The summed E-state index contributed by atoms with van der Waals surface area (Å²) in [6.45, 7) is 2.40. The number of ether oxygens (including phenoxy) is 1. The zero-order chi connectivity index (χ0) is 14.5. The van der Waals surface area contributed by atoms with Gasteiger partial charge in [0.2, 0.25) is 0 Å². The first-order valence-electron chi connectivity index (χ1n) is 6.30. The largest absolute Gasteiger partial charge is 0.494 e. The molecule has 0 fully saturated rings. The zero-order valence-electron chi connectivity index (χ0n) is 11.0. The number of ketones is 1. The summed E-state index contributed by atoms with van der Waals surface area (Å²) < 4.78 is 19.0. The lowest BCUT2D eigenvalue weighted by Gasteiger charge is -2.06. The van der Waals surface area contributed by atoms with E-state index in [4.69, 9.17) is 16.3 Å². The van der Waals surface area contributed by atoms with Crippen molar-refractivity contribution in [1.29, 1.82) is 0 Å². The standard InChI is InChI=1S/C16H14ClFO2/c1-2-20-14-5-3-4-11(9-14)16(19)10-12-8-13(17)6-7-15(12)18/h3-9H,2,10H2,1H3. The summed E-state index contributed by atoms with van der Waals surface area (Å²) in [7, 11) is 0. The molecule has 0 atom stereocenters. The molecule has 4 heteroatoms. The Bertz CT molecular complexity index is 626. The van der Waals surface area contributed by atoms with Crippen molar-refractivity contribution in [3.8, 4) is 5.75 Å². The van der Waals surface area contributed by atoms with Crippen LogP contribution in [0.5, 0.6) is 5.75 Å². The number of hydrogen-bond acceptors (Lipinski definition) is 2. The van der Waals surface area contributed by atoms with Crippen LogP contribution in [0.1, 0.15) is 22.8 Å². The lowest BCUT2D eigenvalue weighted by molar-refractivity contribution is 0.0991. The molecule has 0 unspecified atom stereocenters. The third-order valence-electron chi connectivity index (χ3n) is 2.83. The van der Waals surface area contributed by atoms with Gasteiger partial charge in [0, 0.05) is 17.0 Å². The maximum absolute atomic E-state index is 13.6. The number of carbonyl (C=O) groups is 1. The maximum atomic E-state index is 13.6. The van der Waals surface area contributed by atoms with Gasteiger partial charge in [-0.15, -0.1) is 0 Å². The van der Waals surface area contributed by atoms with Crippen LogP contribution in [0.4, 0.5) is 4.39 Å². The summed E-state index contributed by atoms with van der Waals surface area (Å²) >= 11 is 5.81. The van der Waals surface area contributed by atoms with Gasteiger partial charge in [-0.3, -0.25) is 4.79 Å². The van der Waals surface area contributed by atoms with Crippen LogP contribution in [0.2, 0.25) is 5.02 Å². The second-order valence-electron chi connectivity index (χ2n) is 4.30. The molecule has 2 aromatic carbocycles. The van der Waals surface area contributed by atoms with Gasteiger partial charge in [0.1, 0.15) is 11.6 Å². The van der Waals surface area contributed by atoms with Crippen LogP contribution in [0.25, 0.3) is 0 Å². The Hall–Kier alpha value is -1.87. The molecule has 0 radical (unpaired) electrons. The normalized spacial score (nSPS) is 10.3. The topological polar surface area (TPSA) is 26.3 Å². The van der Waals surface area contributed by atoms with Crippen molar-refractivity contribution in [2.24, 2.45) is 0 Å². The van der Waals surface area contributed by atoms with E-state index < -0.39 is 5.82 Å². The molecule has 0 bridgehead atoms. The van der Waals surface area contributed by atoms with E-state index in [2.05, 4.69) is 0 Å². The molecule has 2 nitrogen and oxygen atoms in total. The van der Waals surface area contributed by atoms with Crippen LogP contribution in [0.3, 0.4) is 0 Å². The molecule has 20 heavy (non-hydrogen) atoms. The Balaban J connectivity index is 2.19. The summed E-state index contributed by atoms with van der Waals surface area (Å²) in [4.78, 5) is 12.2. The number of Topliss-reactive ketones (excluding diaryl/α,β-unsaturated/α-hetero) is 1. The van der Waals surface area contributed by atoms with E-state index in [-0.39, 0.29) is 12.2 Å². The Morgan fingerprint density at radius 2 is 2.05 bits per heavy atom. The van der Waals surface area contributed by atoms with E-state index in [9.17, 15) is 9.18 Å². The molecule has 0 saturated heterocycles. The molecule has 0 aliphatic carbocycles. The predicted molar refractivity (Wildman–Crippen MR) is 77.1 cm³/mol. The summed E-state index contributed by atoms with van der Waals surface area (Å²) in [5.41, 5.74) is 0.791. The number of carbonyl (C=O) groups excluding carboxylic acids is 1. The molecule has 2 rings (SSSR count). The second kappa shape index (κ2) is 6.53.